The highest BCUT2D eigenvalue weighted by Crippen LogP contribution is 2.43. The second kappa shape index (κ2) is 12.1. The molecule has 0 unspecified atom stereocenters. The van der Waals surface area contributed by atoms with Gasteiger partial charge in [0.1, 0.15) is 22.3 Å². The largest absolute Gasteiger partial charge is 0.504 e. The van der Waals surface area contributed by atoms with Gasteiger partial charge in [0, 0.05) is 31.6 Å². The zero-order chi connectivity index (χ0) is 32.9. The van der Waals surface area contributed by atoms with Crippen molar-refractivity contribution in [1.82, 2.24) is 19.8 Å². The van der Waals surface area contributed by atoms with Crippen molar-refractivity contribution in [2.45, 2.75) is 26.8 Å². The van der Waals surface area contributed by atoms with Crippen LogP contribution in [0.5, 0.6) is 5.75 Å². The van der Waals surface area contributed by atoms with E-state index in [1.807, 2.05) is 19.9 Å². The second-order valence-corrected chi connectivity index (χ2v) is 11.7. The Labute approximate surface area is 266 Å². The highest BCUT2D eigenvalue weighted by atomic mass is 35.5. The van der Waals surface area contributed by atoms with Crippen molar-refractivity contribution in [3.05, 3.63) is 80.0 Å². The molecule has 9 nitrogen and oxygen atoms in total. The van der Waals surface area contributed by atoms with Gasteiger partial charge >= 0.3 is 0 Å². The van der Waals surface area contributed by atoms with Gasteiger partial charge in [0.25, 0.3) is 5.56 Å². The van der Waals surface area contributed by atoms with Gasteiger partial charge in [-0.15, -0.1) is 0 Å². The molecule has 5 rings (SSSR count). The first-order chi connectivity index (χ1) is 21.3. The van der Waals surface area contributed by atoms with Gasteiger partial charge in [0.15, 0.2) is 23.2 Å². The molecule has 1 fully saturated rings. The van der Waals surface area contributed by atoms with Gasteiger partial charge in [0.05, 0.1) is 33.7 Å². The molecule has 2 aliphatic rings. The highest BCUT2D eigenvalue weighted by molar-refractivity contribution is 6.34. The summed E-state index contributed by atoms with van der Waals surface area (Å²) in [6, 6.07) is 2.86. The number of anilines is 1. The smallest absolute Gasteiger partial charge is 0.276 e. The molecule has 45 heavy (non-hydrogen) atoms. The first-order valence-corrected chi connectivity index (χ1v) is 14.6. The lowest BCUT2D eigenvalue weighted by Gasteiger charge is -2.37. The Morgan fingerprint density at radius 1 is 1.20 bits per heavy atom. The normalized spacial score (nSPS) is 16.8. The molecule has 1 atom stereocenters. The predicted octanol–water partition coefficient (Wildman–Crippen LogP) is 5.57. The molecule has 0 radical (unpaired) electrons. The van der Waals surface area contributed by atoms with Crippen LogP contribution in [0.4, 0.5) is 18.9 Å². The average Bonchev–Trinajstić information content (AvgIpc) is 3.02. The number of hydrogen-bond acceptors (Lipinski definition) is 7. The second-order valence-electron chi connectivity index (χ2n) is 11.0. The number of nitrogens with one attached hydrogen (secondary N) is 1. The van der Waals surface area contributed by atoms with E-state index in [9.17, 15) is 24.3 Å². The Morgan fingerprint density at radius 2 is 1.87 bits per heavy atom. The van der Waals surface area contributed by atoms with E-state index >= 15 is 8.78 Å². The van der Waals surface area contributed by atoms with E-state index in [1.165, 1.54) is 16.7 Å². The quantitative estimate of drug-likeness (QED) is 0.209. The topological polar surface area (TPSA) is 114 Å². The van der Waals surface area contributed by atoms with E-state index in [4.69, 9.17) is 23.2 Å². The summed E-state index contributed by atoms with van der Waals surface area (Å²) < 4.78 is 46.4. The van der Waals surface area contributed by atoms with Gasteiger partial charge < -0.3 is 20.2 Å². The average molecular weight is 659 g/mol. The van der Waals surface area contributed by atoms with Crippen LogP contribution in [0.2, 0.25) is 10.0 Å². The number of allylic oxidation sites excluding steroid dienone is 2. The fourth-order valence-corrected chi connectivity index (χ4v) is 6.13. The SMILES string of the molecule is C=CC(=O)N1CCN(c2c(C#N)c(=O)n(C3=C(C)C=CN[C@@H]3C(C)C)c3nc(-c4c(F)c(O)c(Cl)c(F)c4F)c(Cl)cc23)CC1. The number of fused-ring (bicyclic) bond motifs is 1. The monoisotopic (exact) mass is 658 g/mol. The number of benzene rings is 1. The molecule has 1 saturated heterocycles. The Morgan fingerprint density at radius 3 is 2.47 bits per heavy atom. The van der Waals surface area contributed by atoms with Crippen molar-refractivity contribution in [3.8, 4) is 23.1 Å². The van der Waals surface area contributed by atoms with Crippen LogP contribution in [-0.4, -0.2) is 57.7 Å². The third kappa shape index (κ3) is 5.19. The summed E-state index contributed by atoms with van der Waals surface area (Å²) in [6.07, 6.45) is 4.65. The number of carbonyl (C=O) groups is 1. The zero-order valence-corrected chi connectivity index (χ0v) is 25.9. The lowest BCUT2D eigenvalue weighted by molar-refractivity contribution is -0.126. The van der Waals surface area contributed by atoms with Crippen LogP contribution in [0, 0.1) is 34.7 Å². The van der Waals surface area contributed by atoms with Crippen molar-refractivity contribution in [3.63, 3.8) is 0 Å². The number of phenolic OH excluding ortho intramolecular Hbond substituents is 1. The van der Waals surface area contributed by atoms with Gasteiger partial charge in [-0.25, -0.2) is 18.2 Å². The minimum absolute atomic E-state index is 0.0773. The van der Waals surface area contributed by atoms with Crippen LogP contribution in [0.3, 0.4) is 0 Å². The number of phenols is 1. The molecule has 2 aliphatic heterocycles. The molecule has 0 saturated carbocycles. The van der Waals surface area contributed by atoms with Crippen molar-refractivity contribution in [2.24, 2.45) is 5.92 Å². The standard InChI is InChI=1S/C31H27Cl2F3N6O3/c1-5-19(43)40-8-10-41(11-9-40)28-16-12-18(32)26(20-22(34)24(36)21(33)29(44)23(20)35)39-30(16)42(31(45)17(28)13-37)27-15(4)6-7-38-25(27)14(2)3/h5-7,12,14,25,38,44H,1,8-11H2,2-4H3/t25-/m1/s1. The first-order valence-electron chi connectivity index (χ1n) is 13.9. The van der Waals surface area contributed by atoms with Crippen LogP contribution in [-0.2, 0) is 4.79 Å². The lowest BCUT2D eigenvalue weighted by atomic mass is 9.94. The summed E-state index contributed by atoms with van der Waals surface area (Å²) in [4.78, 5) is 34.3. The number of pyridine rings is 2. The maximum Gasteiger partial charge on any atom is 0.276 e. The molecule has 0 bridgehead atoms. The first kappa shape index (κ1) is 31.9. The molecular weight excluding hydrogens is 632 g/mol. The van der Waals surface area contributed by atoms with Crippen LogP contribution in [0.25, 0.3) is 28.0 Å². The molecule has 1 aromatic carbocycles. The number of nitrogens with zero attached hydrogens (tertiary/aromatic N) is 5. The number of piperazine rings is 1. The summed E-state index contributed by atoms with van der Waals surface area (Å²) in [6.45, 7) is 10.1. The summed E-state index contributed by atoms with van der Waals surface area (Å²) in [5.74, 6) is -6.75. The summed E-state index contributed by atoms with van der Waals surface area (Å²) in [5.41, 5.74) is -1.55. The maximum absolute atomic E-state index is 15.3. The number of carbonyl (C=O) groups excluding carboxylic acids is 1. The molecule has 2 aromatic heterocycles. The van der Waals surface area contributed by atoms with Gasteiger partial charge in [-0.1, -0.05) is 43.6 Å². The van der Waals surface area contributed by atoms with E-state index in [-0.39, 0.29) is 65.3 Å². The van der Waals surface area contributed by atoms with Crippen LogP contribution in [0.15, 0.2) is 41.4 Å². The number of halogens is 5. The van der Waals surface area contributed by atoms with E-state index in [1.54, 1.807) is 29.0 Å². The van der Waals surface area contributed by atoms with Crippen molar-refractivity contribution in [1.29, 1.82) is 5.26 Å². The van der Waals surface area contributed by atoms with Crippen molar-refractivity contribution < 1.29 is 23.1 Å². The molecular formula is C31H27Cl2F3N6O3. The van der Waals surface area contributed by atoms with E-state index < -0.39 is 51.1 Å². The molecule has 0 spiro atoms. The number of aromatic hydroxyl groups is 1. The minimum atomic E-state index is -1.74. The number of aromatic nitrogens is 2. The summed E-state index contributed by atoms with van der Waals surface area (Å²) >= 11 is 12.2. The molecule has 2 N–H and O–H groups in total. The molecule has 4 heterocycles. The molecule has 14 heteroatoms. The van der Waals surface area contributed by atoms with E-state index in [0.29, 0.717) is 11.3 Å². The fourth-order valence-electron chi connectivity index (χ4n) is 5.71. The van der Waals surface area contributed by atoms with Gasteiger partial charge in [-0.05, 0) is 42.8 Å². The number of dihydropyridines is 1. The van der Waals surface area contributed by atoms with Crippen LogP contribution in [0.1, 0.15) is 26.3 Å². The van der Waals surface area contributed by atoms with Crippen molar-refractivity contribution >= 4 is 51.5 Å². The summed E-state index contributed by atoms with van der Waals surface area (Å²) in [7, 11) is 0. The maximum atomic E-state index is 15.3. The Balaban J connectivity index is 1.90. The fraction of sp³-hybridized carbons (Fsp3) is 0.290. The lowest BCUT2D eigenvalue weighted by Crippen LogP contribution is -2.49. The van der Waals surface area contributed by atoms with Crippen LogP contribution >= 0.6 is 23.2 Å². The Bertz CT molecular complexity index is 1910. The van der Waals surface area contributed by atoms with Gasteiger partial charge in [0.2, 0.25) is 5.91 Å². The zero-order valence-electron chi connectivity index (χ0n) is 24.4. The molecule has 3 aromatic rings. The molecule has 1 amide bonds. The highest BCUT2D eigenvalue weighted by Gasteiger charge is 2.33. The third-order valence-corrected chi connectivity index (χ3v) is 8.60. The number of amides is 1. The predicted molar refractivity (Wildman–Crippen MR) is 166 cm³/mol. The number of nitriles is 1. The Hall–Kier alpha value is -4.47. The minimum Gasteiger partial charge on any atom is -0.504 e. The third-order valence-electron chi connectivity index (χ3n) is 7.96. The summed E-state index contributed by atoms with van der Waals surface area (Å²) in [5, 5.41) is 22.4. The van der Waals surface area contributed by atoms with Gasteiger partial charge in [-0.2, -0.15) is 5.26 Å². The molecule has 234 valence electrons. The molecule has 0 aliphatic carbocycles. The van der Waals surface area contributed by atoms with Gasteiger partial charge in [-0.3, -0.25) is 14.2 Å². The van der Waals surface area contributed by atoms with E-state index in [2.05, 4.69) is 16.9 Å². The van der Waals surface area contributed by atoms with E-state index in [0.717, 1.165) is 0 Å². The number of rotatable bonds is 5. The Kier molecular flexibility index (Phi) is 8.62. The number of hydrogen-bond donors (Lipinski definition) is 2. The van der Waals surface area contributed by atoms with Crippen molar-refractivity contribution in [2.75, 3.05) is 31.1 Å². The van der Waals surface area contributed by atoms with Crippen LogP contribution < -0.4 is 15.8 Å².